The number of benzene rings is 1. The maximum absolute atomic E-state index is 9.68. The van der Waals surface area contributed by atoms with Crippen molar-refractivity contribution in [1.82, 2.24) is 14.8 Å². The number of thiazole rings is 1. The summed E-state index contributed by atoms with van der Waals surface area (Å²) < 4.78 is 13.3. The molecule has 0 aliphatic carbocycles. The Hall–Kier alpha value is -3.11. The van der Waals surface area contributed by atoms with E-state index >= 15 is 0 Å². The number of hydrogen-bond acceptors (Lipinski definition) is 6. The van der Waals surface area contributed by atoms with Crippen LogP contribution in [0, 0.1) is 25.2 Å². The number of aromatic nitrogens is 3. The fraction of sp³-hybridized carbons (Fsp3) is 0.286. The smallest absolute Gasteiger partial charge is 0.161 e. The van der Waals surface area contributed by atoms with Gasteiger partial charge in [-0.3, -0.25) is 4.68 Å². The lowest BCUT2D eigenvalue weighted by molar-refractivity contribution is 0.297. The predicted octanol–water partition coefficient (Wildman–Crippen LogP) is 4.39. The Kier molecular flexibility index (Phi) is 4.88. The van der Waals surface area contributed by atoms with Crippen LogP contribution in [0.1, 0.15) is 27.6 Å². The van der Waals surface area contributed by atoms with Gasteiger partial charge in [0.2, 0.25) is 0 Å². The highest BCUT2D eigenvalue weighted by molar-refractivity contribution is 7.12. The number of ether oxygens (including phenoxy) is 2. The zero-order valence-corrected chi connectivity index (χ0v) is 16.8. The van der Waals surface area contributed by atoms with Crippen LogP contribution in [0.5, 0.6) is 11.5 Å². The van der Waals surface area contributed by atoms with E-state index in [1.807, 2.05) is 51.4 Å². The van der Waals surface area contributed by atoms with Crippen molar-refractivity contribution in [2.75, 3.05) is 13.2 Å². The molecule has 1 aromatic carbocycles. The summed E-state index contributed by atoms with van der Waals surface area (Å²) in [6, 6.07) is 8.11. The highest BCUT2D eigenvalue weighted by atomic mass is 32.1. The lowest BCUT2D eigenvalue weighted by atomic mass is 10.1. The molecule has 7 heteroatoms. The molecule has 0 unspecified atom stereocenters. The summed E-state index contributed by atoms with van der Waals surface area (Å²) >= 11 is 1.53. The maximum Gasteiger partial charge on any atom is 0.161 e. The van der Waals surface area contributed by atoms with Crippen LogP contribution in [0.15, 0.2) is 24.4 Å². The third-order valence-corrected chi connectivity index (χ3v) is 5.66. The number of nitriles is 1. The topological polar surface area (TPSA) is 73.0 Å². The van der Waals surface area contributed by atoms with Crippen LogP contribution in [-0.2, 0) is 7.05 Å². The minimum absolute atomic E-state index is 0.532. The van der Waals surface area contributed by atoms with E-state index in [2.05, 4.69) is 16.2 Å². The van der Waals surface area contributed by atoms with Gasteiger partial charge in [0.05, 0.1) is 30.2 Å². The molecule has 0 fully saturated rings. The molecule has 0 spiro atoms. The second kappa shape index (κ2) is 7.49. The minimum Gasteiger partial charge on any atom is -0.490 e. The summed E-state index contributed by atoms with van der Waals surface area (Å²) in [7, 11) is 1.87. The van der Waals surface area contributed by atoms with Crippen LogP contribution < -0.4 is 9.47 Å². The highest BCUT2D eigenvalue weighted by Gasteiger charge is 2.16. The largest absolute Gasteiger partial charge is 0.490 e. The van der Waals surface area contributed by atoms with E-state index in [-0.39, 0.29) is 0 Å². The van der Waals surface area contributed by atoms with Crippen LogP contribution in [-0.4, -0.2) is 28.0 Å². The first-order valence-electron chi connectivity index (χ1n) is 9.05. The van der Waals surface area contributed by atoms with Crippen molar-refractivity contribution in [2.24, 2.45) is 7.05 Å². The van der Waals surface area contributed by atoms with Gasteiger partial charge in [-0.05, 0) is 38.1 Å². The summed E-state index contributed by atoms with van der Waals surface area (Å²) in [6.07, 6.45) is 4.62. The number of aryl methyl sites for hydroxylation is 3. The van der Waals surface area contributed by atoms with Crippen LogP contribution in [0.4, 0.5) is 0 Å². The molecule has 2 aromatic heterocycles. The molecule has 0 atom stereocenters. The molecule has 0 bridgehead atoms. The molecule has 0 saturated carbocycles. The second-order valence-electron chi connectivity index (χ2n) is 6.65. The van der Waals surface area contributed by atoms with Crippen molar-refractivity contribution in [2.45, 2.75) is 20.3 Å². The minimum atomic E-state index is 0.532. The Labute approximate surface area is 167 Å². The van der Waals surface area contributed by atoms with E-state index in [4.69, 9.17) is 9.47 Å². The molecule has 0 N–H and O–H groups in total. The third-order valence-electron chi connectivity index (χ3n) is 4.56. The normalized spacial score (nSPS) is 13.9. The molecule has 0 amide bonds. The van der Waals surface area contributed by atoms with Gasteiger partial charge in [-0.25, -0.2) is 4.98 Å². The fourth-order valence-electron chi connectivity index (χ4n) is 3.03. The average molecular weight is 392 g/mol. The lowest BCUT2D eigenvalue weighted by Gasteiger charge is -2.08. The highest BCUT2D eigenvalue weighted by Crippen LogP contribution is 2.36. The Morgan fingerprint density at radius 3 is 2.75 bits per heavy atom. The Bertz CT molecular complexity index is 1080. The van der Waals surface area contributed by atoms with Gasteiger partial charge in [0.25, 0.3) is 0 Å². The van der Waals surface area contributed by atoms with E-state index in [9.17, 15) is 5.26 Å². The van der Waals surface area contributed by atoms with Crippen molar-refractivity contribution in [1.29, 1.82) is 5.26 Å². The van der Waals surface area contributed by atoms with Gasteiger partial charge < -0.3 is 9.47 Å². The second-order valence-corrected chi connectivity index (χ2v) is 7.85. The fourth-order valence-corrected chi connectivity index (χ4v) is 3.91. The summed E-state index contributed by atoms with van der Waals surface area (Å²) in [4.78, 5) is 5.64. The number of fused-ring (bicyclic) bond motifs is 1. The van der Waals surface area contributed by atoms with E-state index in [0.717, 1.165) is 50.3 Å². The summed E-state index contributed by atoms with van der Waals surface area (Å²) in [5, 5.41) is 15.0. The molecule has 0 saturated heterocycles. The quantitative estimate of drug-likeness (QED) is 0.618. The number of rotatable bonds is 3. The van der Waals surface area contributed by atoms with Gasteiger partial charge >= 0.3 is 0 Å². The van der Waals surface area contributed by atoms with E-state index in [1.54, 1.807) is 4.68 Å². The SMILES string of the molecule is Cc1nc(C(C#N)=Cc2cn(C)nc2-c2ccc3c(c2)OCCCO3)sc1C. The number of hydrogen-bond donors (Lipinski definition) is 0. The zero-order chi connectivity index (χ0) is 19.7. The number of nitrogens with zero attached hydrogens (tertiary/aromatic N) is 4. The van der Waals surface area contributed by atoms with Gasteiger partial charge in [-0.1, -0.05) is 0 Å². The summed E-state index contributed by atoms with van der Waals surface area (Å²) in [5.41, 5.74) is 4.05. The molecule has 3 heterocycles. The average Bonchev–Trinajstić information content (AvgIpc) is 3.11. The van der Waals surface area contributed by atoms with E-state index in [0.29, 0.717) is 18.8 Å². The molecule has 28 heavy (non-hydrogen) atoms. The third kappa shape index (κ3) is 3.51. The molecule has 3 aromatic rings. The molecular weight excluding hydrogens is 372 g/mol. The van der Waals surface area contributed by atoms with Gasteiger partial charge in [-0.2, -0.15) is 10.4 Å². The van der Waals surface area contributed by atoms with E-state index in [1.165, 1.54) is 11.3 Å². The van der Waals surface area contributed by atoms with Crippen molar-refractivity contribution >= 4 is 23.0 Å². The number of allylic oxidation sites excluding steroid dienone is 1. The van der Waals surface area contributed by atoms with Gasteiger partial charge in [0.15, 0.2) is 11.5 Å². The Balaban J connectivity index is 1.77. The molecule has 6 nitrogen and oxygen atoms in total. The Morgan fingerprint density at radius 1 is 1.25 bits per heavy atom. The summed E-state index contributed by atoms with van der Waals surface area (Å²) in [6.45, 7) is 5.26. The summed E-state index contributed by atoms with van der Waals surface area (Å²) in [5.74, 6) is 1.47. The monoisotopic (exact) mass is 392 g/mol. The van der Waals surface area contributed by atoms with Gasteiger partial charge in [0.1, 0.15) is 11.1 Å². The molecule has 4 rings (SSSR count). The van der Waals surface area contributed by atoms with Gasteiger partial charge in [-0.15, -0.1) is 11.3 Å². The van der Waals surface area contributed by atoms with Crippen LogP contribution in [0.3, 0.4) is 0 Å². The standard InChI is InChI=1S/C21H20N4O2S/c1-13-14(2)28-21(23-13)16(11-22)9-17-12-25(3)24-20(17)15-5-6-18-19(10-15)27-8-4-7-26-18/h5-6,9-10,12H,4,7-8H2,1-3H3. The molecule has 1 aliphatic heterocycles. The van der Waals surface area contributed by atoms with Crippen molar-refractivity contribution in [3.05, 3.63) is 45.5 Å². The van der Waals surface area contributed by atoms with Crippen LogP contribution >= 0.6 is 11.3 Å². The lowest BCUT2D eigenvalue weighted by Crippen LogP contribution is -1.97. The zero-order valence-electron chi connectivity index (χ0n) is 16.0. The van der Waals surface area contributed by atoms with Crippen LogP contribution in [0.25, 0.3) is 22.9 Å². The maximum atomic E-state index is 9.68. The van der Waals surface area contributed by atoms with Crippen LogP contribution in [0.2, 0.25) is 0 Å². The van der Waals surface area contributed by atoms with Crippen molar-refractivity contribution in [3.8, 4) is 28.8 Å². The van der Waals surface area contributed by atoms with Crippen molar-refractivity contribution in [3.63, 3.8) is 0 Å². The van der Waals surface area contributed by atoms with E-state index < -0.39 is 0 Å². The predicted molar refractivity (Wildman–Crippen MR) is 109 cm³/mol. The first kappa shape index (κ1) is 18.3. The van der Waals surface area contributed by atoms with Crippen molar-refractivity contribution < 1.29 is 9.47 Å². The Morgan fingerprint density at radius 2 is 2.04 bits per heavy atom. The molecule has 0 radical (unpaired) electrons. The first-order chi connectivity index (χ1) is 13.5. The molecule has 1 aliphatic rings. The molecular formula is C21H20N4O2S. The molecule has 142 valence electrons. The first-order valence-corrected chi connectivity index (χ1v) is 9.86. The van der Waals surface area contributed by atoms with Gasteiger partial charge in [0, 0.05) is 35.7 Å².